The first-order valence-corrected chi connectivity index (χ1v) is 11.3. The minimum absolute atomic E-state index is 0.158. The van der Waals surface area contributed by atoms with Crippen LogP contribution in [-0.4, -0.2) is 79.3 Å². The first-order valence-electron chi connectivity index (χ1n) is 11.3. The van der Waals surface area contributed by atoms with Gasteiger partial charge >= 0.3 is 17.9 Å². The number of aromatic nitrogens is 2. The van der Waals surface area contributed by atoms with E-state index in [-0.39, 0.29) is 42.3 Å². The van der Waals surface area contributed by atoms with Crippen molar-refractivity contribution in [3.8, 4) is 11.8 Å². The van der Waals surface area contributed by atoms with Crippen molar-refractivity contribution in [2.24, 2.45) is 5.41 Å². The summed E-state index contributed by atoms with van der Waals surface area (Å²) in [7, 11) is 0. The molecule has 0 radical (unpaired) electrons. The van der Waals surface area contributed by atoms with E-state index in [1.54, 1.807) is 33.7 Å². The quantitative estimate of drug-likeness (QED) is 0.501. The highest BCUT2D eigenvalue weighted by Gasteiger charge is 2.41. The molecule has 1 fully saturated rings. The Hall–Kier alpha value is -3.83. The number of amides is 2. The second-order valence-corrected chi connectivity index (χ2v) is 10.2. The van der Waals surface area contributed by atoms with Crippen LogP contribution in [0.25, 0.3) is 0 Å². The fourth-order valence-electron chi connectivity index (χ4n) is 4.41. The molecule has 1 aromatic heterocycles. The highest BCUT2D eigenvalue weighted by Crippen LogP contribution is 2.32. The highest BCUT2D eigenvalue weighted by atomic mass is 16.6. The van der Waals surface area contributed by atoms with Crippen molar-refractivity contribution < 1.29 is 29.1 Å². The van der Waals surface area contributed by atoms with E-state index in [1.165, 1.54) is 11.1 Å². The van der Waals surface area contributed by atoms with Gasteiger partial charge in [0.1, 0.15) is 18.6 Å². The molecule has 0 bridgehead atoms. The van der Waals surface area contributed by atoms with E-state index in [1.807, 2.05) is 27.7 Å². The topological polar surface area (TPSA) is 140 Å². The van der Waals surface area contributed by atoms with Gasteiger partial charge in [-0.2, -0.15) is 0 Å². The lowest BCUT2D eigenvalue weighted by molar-refractivity contribution is -0.389. The lowest BCUT2D eigenvalue weighted by Crippen LogP contribution is -2.60. The average molecular weight is 488 g/mol. The van der Waals surface area contributed by atoms with E-state index in [9.17, 15) is 24.8 Å². The summed E-state index contributed by atoms with van der Waals surface area (Å²) >= 11 is 0. The molecule has 0 saturated carbocycles. The SMILES string of the molecule is CC1(COc2ccc(C(=O)N3CCN(C(=O)O)[C@H](C(C)(C)C)C3)cc2)Cn2cc([N+](=O)[O-])nc2O1. The zero-order chi connectivity index (χ0) is 25.5. The Kier molecular flexibility index (Phi) is 6.07. The van der Waals surface area contributed by atoms with Crippen LogP contribution in [0.5, 0.6) is 11.8 Å². The summed E-state index contributed by atoms with van der Waals surface area (Å²) in [5.41, 5.74) is -0.559. The van der Waals surface area contributed by atoms with Gasteiger partial charge in [0, 0.05) is 30.2 Å². The summed E-state index contributed by atoms with van der Waals surface area (Å²) in [4.78, 5) is 42.0. The molecule has 3 heterocycles. The Morgan fingerprint density at radius 3 is 2.54 bits per heavy atom. The van der Waals surface area contributed by atoms with Crippen LogP contribution in [-0.2, 0) is 6.54 Å². The molecule has 2 atom stereocenters. The molecule has 1 N–H and O–H groups in total. The third-order valence-corrected chi connectivity index (χ3v) is 6.32. The summed E-state index contributed by atoms with van der Waals surface area (Å²) in [6.07, 6.45) is 0.363. The van der Waals surface area contributed by atoms with E-state index in [0.717, 1.165) is 0 Å². The average Bonchev–Trinajstić information content (AvgIpc) is 3.32. The van der Waals surface area contributed by atoms with Crippen molar-refractivity contribution >= 4 is 17.8 Å². The van der Waals surface area contributed by atoms with Crippen LogP contribution in [0, 0.1) is 15.5 Å². The lowest BCUT2D eigenvalue weighted by atomic mass is 9.84. The zero-order valence-corrected chi connectivity index (χ0v) is 20.1. The molecule has 2 aliphatic rings. The third kappa shape index (κ3) is 5.00. The Morgan fingerprint density at radius 2 is 1.97 bits per heavy atom. The maximum absolute atomic E-state index is 13.1. The third-order valence-electron chi connectivity index (χ3n) is 6.32. The van der Waals surface area contributed by atoms with E-state index in [4.69, 9.17) is 9.47 Å². The molecule has 2 amide bonds. The fraction of sp³-hybridized carbons (Fsp3) is 0.522. The number of piperazine rings is 1. The van der Waals surface area contributed by atoms with Crippen molar-refractivity contribution in [2.75, 3.05) is 26.2 Å². The second kappa shape index (κ2) is 8.75. The summed E-state index contributed by atoms with van der Waals surface area (Å²) in [5, 5.41) is 20.4. The van der Waals surface area contributed by atoms with Crippen molar-refractivity contribution in [1.29, 1.82) is 0 Å². The molecular formula is C23H29N5O7. The van der Waals surface area contributed by atoms with Gasteiger partial charge in [0.2, 0.25) is 0 Å². The Balaban J connectivity index is 1.36. The van der Waals surface area contributed by atoms with Gasteiger partial charge in [-0.1, -0.05) is 20.8 Å². The summed E-state index contributed by atoms with van der Waals surface area (Å²) in [6, 6.07) is 6.64. The normalized spacial score (nSPS) is 21.9. The Morgan fingerprint density at radius 1 is 1.29 bits per heavy atom. The van der Waals surface area contributed by atoms with Gasteiger partial charge in [0.15, 0.2) is 5.60 Å². The van der Waals surface area contributed by atoms with E-state index in [2.05, 4.69) is 4.98 Å². The van der Waals surface area contributed by atoms with Crippen molar-refractivity contribution in [3.63, 3.8) is 0 Å². The van der Waals surface area contributed by atoms with E-state index < -0.39 is 16.6 Å². The van der Waals surface area contributed by atoms with Crippen molar-refractivity contribution in [3.05, 3.63) is 46.1 Å². The largest absolute Gasteiger partial charge is 0.489 e. The minimum Gasteiger partial charge on any atom is -0.489 e. The first kappa shape index (κ1) is 24.3. The van der Waals surface area contributed by atoms with E-state index in [0.29, 0.717) is 30.9 Å². The summed E-state index contributed by atoms with van der Waals surface area (Å²) in [5.74, 6) is 0.125. The van der Waals surface area contributed by atoms with Gasteiger partial charge < -0.3 is 34.5 Å². The number of fused-ring (bicyclic) bond motifs is 1. The molecule has 0 spiro atoms. The molecule has 4 rings (SSSR count). The first-order chi connectivity index (χ1) is 16.4. The lowest BCUT2D eigenvalue weighted by Gasteiger charge is -2.45. The Labute approximate surface area is 202 Å². The fourth-order valence-corrected chi connectivity index (χ4v) is 4.41. The molecule has 12 heteroatoms. The monoisotopic (exact) mass is 487 g/mol. The summed E-state index contributed by atoms with van der Waals surface area (Å²) in [6.45, 7) is 9.20. The number of nitrogens with zero attached hydrogens (tertiary/aromatic N) is 5. The van der Waals surface area contributed by atoms with Crippen LogP contribution in [0.2, 0.25) is 0 Å². The number of ether oxygens (including phenoxy) is 2. The molecule has 188 valence electrons. The number of benzene rings is 1. The van der Waals surface area contributed by atoms with Crippen molar-refractivity contribution in [2.45, 2.75) is 45.9 Å². The highest BCUT2D eigenvalue weighted by molar-refractivity contribution is 5.94. The molecule has 1 aromatic carbocycles. The predicted octanol–water partition coefficient (Wildman–Crippen LogP) is 2.87. The minimum atomic E-state index is -0.972. The molecular weight excluding hydrogens is 458 g/mol. The molecule has 1 saturated heterocycles. The number of imidazole rings is 1. The van der Waals surface area contributed by atoms with Gasteiger partial charge in [0.05, 0.1) is 12.6 Å². The van der Waals surface area contributed by atoms with Gasteiger partial charge in [0.25, 0.3) is 5.91 Å². The number of hydrogen-bond acceptors (Lipinski definition) is 7. The van der Waals surface area contributed by atoms with Crippen LogP contribution in [0.3, 0.4) is 0 Å². The van der Waals surface area contributed by atoms with Gasteiger partial charge in [-0.25, -0.2) is 4.79 Å². The molecule has 2 aromatic rings. The summed E-state index contributed by atoms with van der Waals surface area (Å²) < 4.78 is 13.2. The van der Waals surface area contributed by atoms with Gasteiger partial charge in [-0.05, 0) is 41.5 Å². The molecule has 12 nitrogen and oxygen atoms in total. The van der Waals surface area contributed by atoms with Crippen LogP contribution < -0.4 is 9.47 Å². The maximum atomic E-state index is 13.1. The van der Waals surface area contributed by atoms with Gasteiger partial charge in [-0.3, -0.25) is 9.36 Å². The molecule has 0 aliphatic carbocycles. The second-order valence-electron chi connectivity index (χ2n) is 10.2. The van der Waals surface area contributed by atoms with Crippen LogP contribution in [0.1, 0.15) is 38.1 Å². The number of carbonyl (C=O) groups is 2. The standard InChI is InChI=1S/C23H29N5O7/c1-22(2,3)17-11-25(9-10-27(17)21(30)31)19(29)15-5-7-16(8-6-15)34-14-23(4)13-26-12-18(28(32)33)24-20(26)35-23/h5-8,12,17H,9-11,13-14H2,1-4H3,(H,30,31)/t17-,23?/m0/s1. The Bertz CT molecular complexity index is 1110. The number of hydrogen-bond donors (Lipinski definition) is 1. The number of carboxylic acid groups (broad SMARTS) is 1. The van der Waals surface area contributed by atoms with Crippen LogP contribution >= 0.6 is 0 Å². The van der Waals surface area contributed by atoms with Crippen molar-refractivity contribution in [1.82, 2.24) is 19.4 Å². The predicted molar refractivity (Wildman–Crippen MR) is 124 cm³/mol. The smallest absolute Gasteiger partial charge is 0.415 e. The number of nitro groups is 1. The number of carbonyl (C=O) groups excluding carboxylic acids is 1. The van der Waals surface area contributed by atoms with Gasteiger partial charge in [-0.15, -0.1) is 0 Å². The molecule has 1 unspecified atom stereocenters. The maximum Gasteiger partial charge on any atom is 0.415 e. The number of rotatable bonds is 5. The van der Waals surface area contributed by atoms with Crippen LogP contribution in [0.15, 0.2) is 30.5 Å². The van der Waals surface area contributed by atoms with Crippen LogP contribution in [0.4, 0.5) is 10.6 Å². The zero-order valence-electron chi connectivity index (χ0n) is 20.1. The molecule has 35 heavy (non-hydrogen) atoms. The molecule has 2 aliphatic heterocycles. The van der Waals surface area contributed by atoms with E-state index >= 15 is 0 Å².